The van der Waals surface area contributed by atoms with E-state index in [0.717, 1.165) is 10.8 Å². The zero-order chi connectivity index (χ0) is 14.8. The summed E-state index contributed by atoms with van der Waals surface area (Å²) >= 11 is 0. The monoisotopic (exact) mass is 280 g/mol. The second-order valence-electron chi connectivity index (χ2n) is 4.82. The molecule has 0 atom stereocenters. The fraction of sp³-hybridized carbons (Fsp3) is 0.0588. The van der Waals surface area contributed by atoms with E-state index in [4.69, 9.17) is 0 Å². The van der Waals surface area contributed by atoms with Gasteiger partial charge in [-0.1, -0.05) is 12.1 Å². The van der Waals surface area contributed by atoms with E-state index in [9.17, 15) is 9.18 Å². The van der Waals surface area contributed by atoms with Crippen molar-refractivity contribution in [3.63, 3.8) is 0 Å². The molecule has 2 aromatic carbocycles. The molecular formula is C17H13FN2O. The largest absolute Gasteiger partial charge is 0.321 e. The lowest BCUT2D eigenvalue weighted by atomic mass is 10.1. The van der Waals surface area contributed by atoms with Gasteiger partial charge in [0.15, 0.2) is 0 Å². The molecule has 0 aliphatic heterocycles. The van der Waals surface area contributed by atoms with Crippen molar-refractivity contribution < 1.29 is 9.18 Å². The molecule has 1 heterocycles. The van der Waals surface area contributed by atoms with Crippen molar-refractivity contribution in [2.45, 2.75) is 6.92 Å². The number of aryl methyl sites for hydroxylation is 1. The Morgan fingerprint density at radius 3 is 2.86 bits per heavy atom. The lowest BCUT2D eigenvalue weighted by Crippen LogP contribution is -2.13. The highest BCUT2D eigenvalue weighted by atomic mass is 19.1. The minimum absolute atomic E-state index is 0.260. The first-order valence-electron chi connectivity index (χ1n) is 6.55. The maximum absolute atomic E-state index is 13.1. The maximum Gasteiger partial charge on any atom is 0.255 e. The van der Waals surface area contributed by atoms with E-state index in [0.29, 0.717) is 16.8 Å². The number of halogens is 1. The average Bonchev–Trinajstić information content (AvgIpc) is 2.47. The van der Waals surface area contributed by atoms with Gasteiger partial charge in [-0.3, -0.25) is 9.78 Å². The number of hydrogen-bond donors (Lipinski definition) is 1. The predicted molar refractivity (Wildman–Crippen MR) is 80.8 cm³/mol. The Hall–Kier alpha value is -2.75. The van der Waals surface area contributed by atoms with Crippen LogP contribution in [-0.4, -0.2) is 10.9 Å². The number of carbonyl (C=O) groups excluding carboxylic acids is 1. The molecule has 104 valence electrons. The summed E-state index contributed by atoms with van der Waals surface area (Å²) in [6.45, 7) is 1.71. The summed E-state index contributed by atoms with van der Waals surface area (Å²) in [5, 5.41) is 4.73. The second-order valence-corrected chi connectivity index (χ2v) is 4.82. The number of nitrogens with one attached hydrogen (secondary N) is 1. The van der Waals surface area contributed by atoms with Crippen molar-refractivity contribution in [1.82, 2.24) is 4.98 Å². The molecule has 0 saturated heterocycles. The third kappa shape index (κ3) is 2.60. The molecule has 4 heteroatoms. The summed E-state index contributed by atoms with van der Waals surface area (Å²) < 4.78 is 13.1. The van der Waals surface area contributed by atoms with Gasteiger partial charge in [-0.15, -0.1) is 0 Å². The van der Waals surface area contributed by atoms with E-state index in [2.05, 4.69) is 10.3 Å². The van der Waals surface area contributed by atoms with Gasteiger partial charge in [0.2, 0.25) is 0 Å². The molecule has 0 aliphatic carbocycles. The van der Waals surface area contributed by atoms with Gasteiger partial charge in [-0.25, -0.2) is 4.39 Å². The lowest BCUT2D eigenvalue weighted by Gasteiger charge is -2.10. The highest BCUT2D eigenvalue weighted by Gasteiger charge is 2.11. The summed E-state index contributed by atoms with van der Waals surface area (Å²) in [4.78, 5) is 16.4. The molecule has 0 fully saturated rings. The number of rotatable bonds is 2. The molecule has 0 aliphatic rings. The van der Waals surface area contributed by atoms with Crippen LogP contribution >= 0.6 is 0 Å². The summed E-state index contributed by atoms with van der Waals surface area (Å²) in [5.74, 6) is -0.609. The number of pyridine rings is 1. The zero-order valence-electron chi connectivity index (χ0n) is 11.4. The van der Waals surface area contributed by atoms with Gasteiger partial charge in [0.25, 0.3) is 5.91 Å². The molecule has 0 spiro atoms. The number of amides is 1. The number of carbonyl (C=O) groups is 1. The van der Waals surface area contributed by atoms with Gasteiger partial charge in [-0.05, 0) is 48.2 Å². The van der Waals surface area contributed by atoms with Crippen LogP contribution < -0.4 is 5.32 Å². The quantitative estimate of drug-likeness (QED) is 0.772. The Morgan fingerprint density at radius 2 is 2.05 bits per heavy atom. The highest BCUT2D eigenvalue weighted by molar-refractivity contribution is 6.09. The van der Waals surface area contributed by atoms with E-state index in [-0.39, 0.29) is 11.7 Å². The van der Waals surface area contributed by atoms with Crippen LogP contribution in [-0.2, 0) is 0 Å². The van der Waals surface area contributed by atoms with Crippen molar-refractivity contribution in [2.24, 2.45) is 0 Å². The predicted octanol–water partition coefficient (Wildman–Crippen LogP) is 3.93. The molecule has 3 rings (SSSR count). The van der Waals surface area contributed by atoms with Crippen molar-refractivity contribution in [1.29, 1.82) is 0 Å². The van der Waals surface area contributed by atoms with Crippen LogP contribution in [0.15, 0.2) is 54.9 Å². The summed E-state index contributed by atoms with van der Waals surface area (Å²) in [6.07, 6.45) is 3.42. The van der Waals surface area contributed by atoms with Crippen molar-refractivity contribution >= 4 is 22.4 Å². The van der Waals surface area contributed by atoms with Crippen molar-refractivity contribution in [3.8, 4) is 0 Å². The standard InChI is InChI=1S/C17H13FN2O/c1-11-9-13(18)5-6-14(11)17(21)20-16-4-2-3-12-7-8-19-10-15(12)16/h2-10H,1H3,(H,20,21). The average molecular weight is 280 g/mol. The Morgan fingerprint density at radius 1 is 1.19 bits per heavy atom. The van der Waals surface area contributed by atoms with E-state index >= 15 is 0 Å². The van der Waals surface area contributed by atoms with E-state index in [1.165, 1.54) is 18.2 Å². The fourth-order valence-corrected chi connectivity index (χ4v) is 2.29. The molecule has 21 heavy (non-hydrogen) atoms. The van der Waals surface area contributed by atoms with E-state index < -0.39 is 0 Å². The van der Waals surface area contributed by atoms with Crippen LogP contribution in [0.4, 0.5) is 10.1 Å². The number of fused-ring (bicyclic) bond motifs is 1. The number of nitrogens with zero attached hydrogens (tertiary/aromatic N) is 1. The Balaban J connectivity index is 1.97. The van der Waals surface area contributed by atoms with Crippen molar-refractivity contribution in [3.05, 3.63) is 71.8 Å². The molecule has 1 amide bonds. The van der Waals surface area contributed by atoms with Crippen LogP contribution in [0.5, 0.6) is 0 Å². The maximum atomic E-state index is 13.1. The zero-order valence-corrected chi connectivity index (χ0v) is 11.4. The molecule has 0 saturated carbocycles. The summed E-state index contributed by atoms with van der Waals surface area (Å²) in [5.41, 5.74) is 1.75. The number of anilines is 1. The molecule has 3 nitrogen and oxygen atoms in total. The first kappa shape index (κ1) is 13.2. The van der Waals surface area contributed by atoms with Crippen LogP contribution in [0, 0.1) is 12.7 Å². The Kier molecular flexibility index (Phi) is 3.36. The second kappa shape index (κ2) is 5.32. The first-order valence-corrected chi connectivity index (χ1v) is 6.55. The van der Waals surface area contributed by atoms with Crippen LogP contribution in [0.2, 0.25) is 0 Å². The molecule has 0 radical (unpaired) electrons. The highest BCUT2D eigenvalue weighted by Crippen LogP contribution is 2.23. The number of aromatic nitrogens is 1. The van der Waals surface area contributed by atoms with E-state index in [1.807, 2.05) is 24.3 Å². The molecular weight excluding hydrogens is 267 g/mol. The molecule has 0 bridgehead atoms. The van der Waals surface area contributed by atoms with Gasteiger partial charge < -0.3 is 5.32 Å². The fourth-order valence-electron chi connectivity index (χ4n) is 2.29. The van der Waals surface area contributed by atoms with Crippen LogP contribution in [0.25, 0.3) is 10.8 Å². The topological polar surface area (TPSA) is 42.0 Å². The lowest BCUT2D eigenvalue weighted by molar-refractivity contribution is 0.102. The molecule has 3 aromatic rings. The smallest absolute Gasteiger partial charge is 0.255 e. The van der Waals surface area contributed by atoms with Gasteiger partial charge >= 0.3 is 0 Å². The third-order valence-corrected chi connectivity index (χ3v) is 3.36. The third-order valence-electron chi connectivity index (χ3n) is 3.36. The minimum atomic E-state index is -0.349. The van der Waals surface area contributed by atoms with Gasteiger partial charge in [0, 0.05) is 23.3 Å². The van der Waals surface area contributed by atoms with Gasteiger partial charge in [0.1, 0.15) is 5.82 Å². The summed E-state index contributed by atoms with van der Waals surface area (Å²) in [6, 6.07) is 11.6. The van der Waals surface area contributed by atoms with Crippen molar-refractivity contribution in [2.75, 3.05) is 5.32 Å². The van der Waals surface area contributed by atoms with Crippen LogP contribution in [0.1, 0.15) is 15.9 Å². The van der Waals surface area contributed by atoms with Gasteiger partial charge in [0.05, 0.1) is 5.69 Å². The van der Waals surface area contributed by atoms with Crippen LogP contribution in [0.3, 0.4) is 0 Å². The molecule has 0 unspecified atom stereocenters. The number of benzene rings is 2. The summed E-state index contributed by atoms with van der Waals surface area (Å²) in [7, 11) is 0. The molecule has 1 N–H and O–H groups in total. The molecule has 1 aromatic heterocycles. The minimum Gasteiger partial charge on any atom is -0.321 e. The number of hydrogen-bond acceptors (Lipinski definition) is 2. The Labute approximate surface area is 121 Å². The SMILES string of the molecule is Cc1cc(F)ccc1C(=O)Nc1cccc2ccncc12. The van der Waals surface area contributed by atoms with Gasteiger partial charge in [-0.2, -0.15) is 0 Å². The Bertz CT molecular complexity index is 825. The van der Waals surface area contributed by atoms with E-state index in [1.54, 1.807) is 19.3 Å². The first-order chi connectivity index (χ1) is 10.1. The normalized spacial score (nSPS) is 10.6.